The number of carbonyl (C=O) groups is 1. The number of aryl methyl sites for hydroxylation is 1. The second-order valence-electron chi connectivity index (χ2n) is 9.53. The van der Waals surface area contributed by atoms with Crippen molar-refractivity contribution in [2.24, 2.45) is 0 Å². The molecule has 10 heteroatoms. The molecule has 3 aromatic carbocycles. The Balaban J connectivity index is 1.39. The number of halogens is 2. The van der Waals surface area contributed by atoms with E-state index in [1.54, 1.807) is 30.5 Å². The van der Waals surface area contributed by atoms with Crippen molar-refractivity contribution in [3.05, 3.63) is 85.1 Å². The molecule has 0 spiro atoms. The molecule has 3 N–H and O–H groups in total. The van der Waals surface area contributed by atoms with Crippen molar-refractivity contribution < 1.29 is 18.7 Å². The number of carbonyl (C=O) groups excluding carboxylic acids is 1. The molecule has 206 valence electrons. The fraction of sp³-hybridized carbons (Fsp3) is 0.233. The van der Waals surface area contributed by atoms with Crippen molar-refractivity contribution in [1.82, 2.24) is 14.9 Å². The number of aromatic nitrogens is 2. The SMILES string of the molecule is C=CC(=O)Nc1cccc(-c2c(C)ccc3cnc(Nc4ccc(N5CCN(CCO)C(F)C5F)cc4)nc23)c1. The van der Waals surface area contributed by atoms with Gasteiger partial charge in [-0.3, -0.25) is 9.69 Å². The van der Waals surface area contributed by atoms with Gasteiger partial charge in [-0.25, -0.2) is 18.7 Å². The molecule has 0 saturated carbocycles. The Morgan fingerprint density at radius 2 is 1.90 bits per heavy atom. The molecule has 0 radical (unpaired) electrons. The van der Waals surface area contributed by atoms with Gasteiger partial charge in [0.2, 0.25) is 24.4 Å². The van der Waals surface area contributed by atoms with Gasteiger partial charge in [-0.15, -0.1) is 0 Å². The van der Waals surface area contributed by atoms with Gasteiger partial charge in [-0.2, -0.15) is 0 Å². The molecule has 1 aliphatic heterocycles. The van der Waals surface area contributed by atoms with Gasteiger partial charge in [0, 0.05) is 53.8 Å². The number of alkyl halides is 2. The van der Waals surface area contributed by atoms with Crippen LogP contribution in [-0.2, 0) is 4.79 Å². The number of rotatable bonds is 8. The van der Waals surface area contributed by atoms with Crippen molar-refractivity contribution in [3.63, 3.8) is 0 Å². The number of nitrogens with zero attached hydrogens (tertiary/aromatic N) is 4. The summed E-state index contributed by atoms with van der Waals surface area (Å²) in [4.78, 5) is 23.7. The number of nitrogens with one attached hydrogen (secondary N) is 2. The van der Waals surface area contributed by atoms with Crippen LogP contribution in [0.15, 0.2) is 79.5 Å². The third-order valence-corrected chi connectivity index (χ3v) is 6.91. The minimum Gasteiger partial charge on any atom is -0.395 e. The quantitative estimate of drug-likeness (QED) is 0.208. The van der Waals surface area contributed by atoms with Crippen LogP contribution in [0.4, 0.5) is 31.8 Å². The largest absolute Gasteiger partial charge is 0.395 e. The molecule has 1 aliphatic rings. The molecular formula is C30H30F2N6O2. The van der Waals surface area contributed by atoms with Crippen molar-refractivity contribution in [3.8, 4) is 11.1 Å². The maximum atomic E-state index is 14.8. The van der Waals surface area contributed by atoms with Crippen molar-refractivity contribution in [1.29, 1.82) is 0 Å². The predicted molar refractivity (Wildman–Crippen MR) is 154 cm³/mol. The molecule has 40 heavy (non-hydrogen) atoms. The number of anilines is 4. The van der Waals surface area contributed by atoms with E-state index in [0.29, 0.717) is 36.1 Å². The van der Waals surface area contributed by atoms with E-state index in [2.05, 4.69) is 22.2 Å². The lowest BCUT2D eigenvalue weighted by Crippen LogP contribution is -2.56. The van der Waals surface area contributed by atoms with Crippen LogP contribution in [-0.4, -0.2) is 64.7 Å². The summed E-state index contributed by atoms with van der Waals surface area (Å²) in [5.41, 5.74) is 5.47. The molecule has 8 nitrogen and oxygen atoms in total. The highest BCUT2D eigenvalue weighted by Crippen LogP contribution is 2.33. The first-order chi connectivity index (χ1) is 19.4. The Labute approximate surface area is 231 Å². The van der Waals surface area contributed by atoms with Gasteiger partial charge >= 0.3 is 0 Å². The second kappa shape index (κ2) is 11.8. The third-order valence-electron chi connectivity index (χ3n) is 6.91. The maximum Gasteiger partial charge on any atom is 0.247 e. The minimum atomic E-state index is -1.83. The first-order valence-electron chi connectivity index (χ1n) is 12.9. The number of piperazine rings is 1. The molecule has 1 aromatic heterocycles. The first kappa shape index (κ1) is 27.2. The summed E-state index contributed by atoms with van der Waals surface area (Å²) in [5.74, 6) is 0.0927. The normalized spacial score (nSPS) is 17.6. The summed E-state index contributed by atoms with van der Waals surface area (Å²) in [5, 5.41) is 15.9. The Morgan fingerprint density at radius 1 is 1.10 bits per heavy atom. The highest BCUT2D eigenvalue weighted by molar-refractivity contribution is 6.00. The molecule has 1 fully saturated rings. The number of aliphatic hydroxyl groups excluding tert-OH is 1. The van der Waals surface area contributed by atoms with Gasteiger partial charge in [0.15, 0.2) is 0 Å². The molecule has 5 rings (SSSR count). The molecular weight excluding hydrogens is 514 g/mol. The van der Waals surface area contributed by atoms with Crippen molar-refractivity contribution in [2.75, 3.05) is 41.8 Å². The first-order valence-corrected chi connectivity index (χ1v) is 12.9. The van der Waals surface area contributed by atoms with Gasteiger partial charge in [0.25, 0.3) is 0 Å². The summed E-state index contributed by atoms with van der Waals surface area (Å²) in [6.45, 7) is 6.01. The molecule has 2 heterocycles. The van der Waals surface area contributed by atoms with Crippen molar-refractivity contribution in [2.45, 2.75) is 19.5 Å². The lowest BCUT2D eigenvalue weighted by Gasteiger charge is -2.41. The predicted octanol–water partition coefficient (Wildman–Crippen LogP) is 5.18. The zero-order valence-corrected chi connectivity index (χ0v) is 22.0. The highest BCUT2D eigenvalue weighted by Gasteiger charge is 2.36. The van der Waals surface area contributed by atoms with Crippen LogP contribution in [0.5, 0.6) is 0 Å². The summed E-state index contributed by atoms with van der Waals surface area (Å²) in [6.07, 6.45) is -0.665. The fourth-order valence-corrected chi connectivity index (χ4v) is 4.87. The Kier molecular flexibility index (Phi) is 7.99. The summed E-state index contributed by atoms with van der Waals surface area (Å²) < 4.78 is 29.3. The lowest BCUT2D eigenvalue weighted by atomic mass is 9.97. The van der Waals surface area contributed by atoms with E-state index in [-0.39, 0.29) is 19.1 Å². The molecule has 4 aromatic rings. The van der Waals surface area contributed by atoms with E-state index in [1.165, 1.54) is 15.9 Å². The van der Waals surface area contributed by atoms with Crippen molar-refractivity contribution >= 4 is 39.8 Å². The van der Waals surface area contributed by atoms with Crippen LogP contribution in [0.3, 0.4) is 0 Å². The van der Waals surface area contributed by atoms with E-state index in [1.807, 2.05) is 43.3 Å². The van der Waals surface area contributed by atoms with Crippen LogP contribution in [0.25, 0.3) is 22.0 Å². The number of amides is 1. The smallest absolute Gasteiger partial charge is 0.247 e. The lowest BCUT2D eigenvalue weighted by molar-refractivity contribution is -0.111. The minimum absolute atomic E-state index is 0.0998. The third kappa shape index (κ3) is 5.63. The molecule has 2 atom stereocenters. The monoisotopic (exact) mass is 544 g/mol. The van der Waals surface area contributed by atoms with Gasteiger partial charge in [-0.05, 0) is 60.5 Å². The van der Waals surface area contributed by atoms with Gasteiger partial charge in [-0.1, -0.05) is 30.8 Å². The number of aliphatic hydroxyl groups is 1. The van der Waals surface area contributed by atoms with Crippen LogP contribution in [0.2, 0.25) is 0 Å². The number of fused-ring (bicyclic) bond motifs is 1. The van der Waals surface area contributed by atoms with E-state index < -0.39 is 12.6 Å². The molecule has 1 amide bonds. The van der Waals surface area contributed by atoms with Crippen LogP contribution >= 0.6 is 0 Å². The molecule has 1 saturated heterocycles. The number of β-amino-alcohol motifs (C(OH)–C–C–N with tert-alkyl or cyclic N) is 1. The van der Waals surface area contributed by atoms with E-state index in [0.717, 1.165) is 27.6 Å². The van der Waals surface area contributed by atoms with Gasteiger partial charge in [0.05, 0.1) is 12.1 Å². The van der Waals surface area contributed by atoms with Crippen LogP contribution in [0.1, 0.15) is 5.56 Å². The fourth-order valence-electron chi connectivity index (χ4n) is 4.87. The number of hydrogen-bond acceptors (Lipinski definition) is 7. The Hall–Kier alpha value is -4.41. The average molecular weight is 545 g/mol. The zero-order chi connectivity index (χ0) is 28.2. The standard InChI is InChI=1S/C30H30F2N6O2/c1-3-25(40)34-23-6-4-5-20(17-23)26-19(2)7-8-21-18-33-30(36-27(21)26)35-22-9-11-24(12-10-22)38-14-13-37(15-16-39)28(31)29(38)32/h3-12,17-18,28-29,39H,1,13-16H2,2H3,(H,34,40)(H,33,35,36). The van der Waals surface area contributed by atoms with E-state index in [9.17, 15) is 13.6 Å². The molecule has 2 unspecified atom stereocenters. The average Bonchev–Trinajstić information content (AvgIpc) is 2.96. The molecule has 0 bridgehead atoms. The summed E-state index contributed by atoms with van der Waals surface area (Å²) in [6, 6.07) is 18.5. The second-order valence-corrected chi connectivity index (χ2v) is 9.53. The van der Waals surface area contributed by atoms with E-state index in [4.69, 9.17) is 10.1 Å². The number of hydrogen-bond donors (Lipinski definition) is 3. The summed E-state index contributed by atoms with van der Waals surface area (Å²) in [7, 11) is 0. The Morgan fingerprint density at radius 3 is 2.65 bits per heavy atom. The maximum absolute atomic E-state index is 14.8. The zero-order valence-electron chi connectivity index (χ0n) is 22.0. The highest BCUT2D eigenvalue weighted by atomic mass is 19.2. The topological polar surface area (TPSA) is 93.6 Å². The number of benzene rings is 3. The molecule has 0 aliphatic carbocycles. The van der Waals surface area contributed by atoms with Crippen LogP contribution in [0, 0.1) is 6.92 Å². The van der Waals surface area contributed by atoms with Gasteiger partial charge in [0.1, 0.15) is 0 Å². The van der Waals surface area contributed by atoms with Crippen LogP contribution < -0.4 is 15.5 Å². The summed E-state index contributed by atoms with van der Waals surface area (Å²) >= 11 is 0. The van der Waals surface area contributed by atoms with Gasteiger partial charge < -0.3 is 20.6 Å². The van der Waals surface area contributed by atoms with E-state index >= 15 is 0 Å². The Bertz CT molecular complexity index is 1530.